The standard InChI is InChI=1S/C24H24ClNO3/c1-16-15-20(25)11-14-22(16)29-17(2)24(27)26-23(18-7-5-4-6-8-18)19-9-12-21(28-3)13-10-19/h4-15,17,23H,1-3H3,(H,26,27). The molecule has 0 spiro atoms. The predicted octanol–water partition coefficient (Wildman–Crippen LogP) is 5.33. The highest BCUT2D eigenvalue weighted by atomic mass is 35.5. The molecule has 1 N–H and O–H groups in total. The maximum atomic E-state index is 12.9. The van der Waals surface area contributed by atoms with E-state index in [4.69, 9.17) is 21.1 Å². The summed E-state index contributed by atoms with van der Waals surface area (Å²) in [4.78, 5) is 12.9. The van der Waals surface area contributed by atoms with E-state index in [2.05, 4.69) is 5.32 Å². The monoisotopic (exact) mass is 409 g/mol. The maximum absolute atomic E-state index is 12.9. The smallest absolute Gasteiger partial charge is 0.261 e. The zero-order valence-corrected chi connectivity index (χ0v) is 17.4. The minimum absolute atomic E-state index is 0.205. The molecule has 3 rings (SSSR count). The number of amides is 1. The van der Waals surface area contributed by atoms with E-state index in [0.717, 1.165) is 22.4 Å². The van der Waals surface area contributed by atoms with Crippen LogP contribution in [0.2, 0.25) is 5.02 Å². The number of ether oxygens (including phenoxy) is 2. The average Bonchev–Trinajstić information content (AvgIpc) is 2.74. The molecule has 3 aromatic carbocycles. The van der Waals surface area contributed by atoms with Crippen LogP contribution in [0.5, 0.6) is 11.5 Å². The fourth-order valence-electron chi connectivity index (χ4n) is 3.05. The number of rotatable bonds is 7. The molecule has 0 saturated heterocycles. The normalized spacial score (nSPS) is 12.7. The molecule has 0 aromatic heterocycles. The Morgan fingerprint density at radius 2 is 1.62 bits per heavy atom. The first-order chi connectivity index (χ1) is 14.0. The predicted molar refractivity (Wildman–Crippen MR) is 116 cm³/mol. The number of hydrogen-bond acceptors (Lipinski definition) is 3. The third-order valence-corrected chi connectivity index (χ3v) is 4.91. The number of aryl methyl sites for hydroxylation is 1. The van der Waals surface area contributed by atoms with E-state index in [9.17, 15) is 4.79 Å². The molecule has 29 heavy (non-hydrogen) atoms. The first-order valence-corrected chi connectivity index (χ1v) is 9.78. The highest BCUT2D eigenvalue weighted by Crippen LogP contribution is 2.26. The van der Waals surface area contributed by atoms with Crippen molar-refractivity contribution in [2.75, 3.05) is 7.11 Å². The molecule has 0 heterocycles. The van der Waals surface area contributed by atoms with Crippen molar-refractivity contribution >= 4 is 17.5 Å². The quantitative estimate of drug-likeness (QED) is 0.573. The summed E-state index contributed by atoms with van der Waals surface area (Å²) in [7, 11) is 1.63. The van der Waals surface area contributed by atoms with Gasteiger partial charge in [-0.05, 0) is 60.9 Å². The SMILES string of the molecule is COc1ccc(C(NC(=O)C(C)Oc2ccc(Cl)cc2C)c2ccccc2)cc1. The molecule has 150 valence electrons. The van der Waals surface area contributed by atoms with Crippen molar-refractivity contribution in [1.29, 1.82) is 0 Å². The molecule has 0 aliphatic heterocycles. The van der Waals surface area contributed by atoms with Crippen molar-refractivity contribution in [2.24, 2.45) is 0 Å². The average molecular weight is 410 g/mol. The second-order valence-electron chi connectivity index (χ2n) is 6.80. The van der Waals surface area contributed by atoms with Gasteiger partial charge in [-0.2, -0.15) is 0 Å². The number of halogens is 1. The van der Waals surface area contributed by atoms with Crippen molar-refractivity contribution in [3.05, 3.63) is 94.5 Å². The van der Waals surface area contributed by atoms with E-state index in [1.165, 1.54) is 0 Å². The summed E-state index contributed by atoms with van der Waals surface area (Å²) >= 11 is 6.00. The van der Waals surface area contributed by atoms with Gasteiger partial charge in [-0.3, -0.25) is 4.79 Å². The fraction of sp³-hybridized carbons (Fsp3) is 0.208. The summed E-state index contributed by atoms with van der Waals surface area (Å²) in [5.74, 6) is 1.20. The molecule has 0 bridgehead atoms. The van der Waals surface area contributed by atoms with Gasteiger partial charge in [0.2, 0.25) is 0 Å². The molecule has 1 amide bonds. The zero-order chi connectivity index (χ0) is 20.8. The number of carbonyl (C=O) groups is 1. The second kappa shape index (κ2) is 9.48. The number of hydrogen-bond donors (Lipinski definition) is 1. The van der Waals surface area contributed by atoms with Crippen LogP contribution in [0.15, 0.2) is 72.8 Å². The lowest BCUT2D eigenvalue weighted by molar-refractivity contribution is -0.127. The minimum Gasteiger partial charge on any atom is -0.497 e. The van der Waals surface area contributed by atoms with Gasteiger partial charge >= 0.3 is 0 Å². The van der Waals surface area contributed by atoms with E-state index < -0.39 is 6.10 Å². The third kappa shape index (κ3) is 5.30. The minimum atomic E-state index is -0.667. The first-order valence-electron chi connectivity index (χ1n) is 9.40. The summed E-state index contributed by atoms with van der Waals surface area (Å²) in [6, 6.07) is 22.5. The van der Waals surface area contributed by atoms with Crippen molar-refractivity contribution in [1.82, 2.24) is 5.32 Å². The van der Waals surface area contributed by atoms with Crippen molar-refractivity contribution in [2.45, 2.75) is 26.0 Å². The van der Waals surface area contributed by atoms with Crippen molar-refractivity contribution < 1.29 is 14.3 Å². The van der Waals surface area contributed by atoms with Gasteiger partial charge in [-0.25, -0.2) is 0 Å². The van der Waals surface area contributed by atoms with Gasteiger partial charge in [0.1, 0.15) is 11.5 Å². The Labute approximate surface area is 176 Å². The lowest BCUT2D eigenvalue weighted by Gasteiger charge is -2.23. The lowest BCUT2D eigenvalue weighted by Crippen LogP contribution is -2.39. The van der Waals surface area contributed by atoms with Crippen LogP contribution < -0.4 is 14.8 Å². The molecule has 2 atom stereocenters. The Balaban J connectivity index is 1.80. The topological polar surface area (TPSA) is 47.6 Å². The van der Waals surface area contributed by atoms with Gasteiger partial charge in [0.25, 0.3) is 5.91 Å². The molecule has 0 radical (unpaired) electrons. The van der Waals surface area contributed by atoms with Gasteiger partial charge < -0.3 is 14.8 Å². The molecule has 0 fully saturated rings. The summed E-state index contributed by atoms with van der Waals surface area (Å²) in [6.07, 6.45) is -0.667. The summed E-state index contributed by atoms with van der Waals surface area (Å²) in [5.41, 5.74) is 2.83. The van der Waals surface area contributed by atoms with Crippen LogP contribution in [-0.2, 0) is 4.79 Å². The van der Waals surface area contributed by atoms with Gasteiger partial charge in [0.05, 0.1) is 13.2 Å². The number of nitrogens with one attached hydrogen (secondary N) is 1. The van der Waals surface area contributed by atoms with Crippen LogP contribution in [0, 0.1) is 6.92 Å². The van der Waals surface area contributed by atoms with E-state index in [1.54, 1.807) is 26.2 Å². The number of carbonyl (C=O) groups excluding carboxylic acids is 1. The molecular formula is C24H24ClNO3. The number of benzene rings is 3. The Morgan fingerprint density at radius 3 is 2.24 bits per heavy atom. The van der Waals surface area contributed by atoms with Crippen LogP contribution >= 0.6 is 11.6 Å². The summed E-state index contributed by atoms with van der Waals surface area (Å²) in [6.45, 7) is 3.63. The molecular weight excluding hydrogens is 386 g/mol. The Bertz CT molecular complexity index is 958. The van der Waals surface area contributed by atoms with Crippen molar-refractivity contribution in [3.8, 4) is 11.5 Å². The first kappa shape index (κ1) is 20.7. The second-order valence-corrected chi connectivity index (χ2v) is 7.23. The zero-order valence-electron chi connectivity index (χ0n) is 16.7. The molecule has 0 saturated carbocycles. The molecule has 3 aromatic rings. The van der Waals surface area contributed by atoms with Crippen LogP contribution in [0.3, 0.4) is 0 Å². The number of methoxy groups -OCH3 is 1. The van der Waals surface area contributed by atoms with Gasteiger partial charge in [-0.1, -0.05) is 54.1 Å². The summed E-state index contributed by atoms with van der Waals surface area (Å²) in [5, 5.41) is 3.74. The van der Waals surface area contributed by atoms with E-state index in [0.29, 0.717) is 10.8 Å². The Hall–Kier alpha value is -2.98. The molecule has 0 aliphatic rings. The van der Waals surface area contributed by atoms with E-state index >= 15 is 0 Å². The Morgan fingerprint density at radius 1 is 0.966 bits per heavy atom. The third-order valence-electron chi connectivity index (χ3n) is 4.68. The van der Waals surface area contributed by atoms with Crippen LogP contribution in [0.25, 0.3) is 0 Å². The molecule has 2 unspecified atom stereocenters. The highest BCUT2D eigenvalue weighted by Gasteiger charge is 2.22. The lowest BCUT2D eigenvalue weighted by atomic mass is 9.98. The van der Waals surface area contributed by atoms with Gasteiger partial charge in [0.15, 0.2) is 6.10 Å². The maximum Gasteiger partial charge on any atom is 0.261 e. The van der Waals surface area contributed by atoms with Crippen LogP contribution in [-0.4, -0.2) is 19.1 Å². The van der Waals surface area contributed by atoms with E-state index in [-0.39, 0.29) is 11.9 Å². The molecule has 4 nitrogen and oxygen atoms in total. The molecule has 0 aliphatic carbocycles. The van der Waals surface area contributed by atoms with Crippen LogP contribution in [0.4, 0.5) is 0 Å². The van der Waals surface area contributed by atoms with Crippen molar-refractivity contribution in [3.63, 3.8) is 0 Å². The highest BCUT2D eigenvalue weighted by molar-refractivity contribution is 6.30. The Kier molecular flexibility index (Phi) is 6.78. The van der Waals surface area contributed by atoms with Crippen LogP contribution in [0.1, 0.15) is 29.7 Å². The van der Waals surface area contributed by atoms with Gasteiger partial charge in [-0.15, -0.1) is 0 Å². The molecule has 5 heteroatoms. The largest absolute Gasteiger partial charge is 0.497 e. The van der Waals surface area contributed by atoms with Gasteiger partial charge in [0, 0.05) is 5.02 Å². The van der Waals surface area contributed by atoms with E-state index in [1.807, 2.05) is 67.6 Å². The fourth-order valence-corrected chi connectivity index (χ4v) is 3.28. The summed E-state index contributed by atoms with van der Waals surface area (Å²) < 4.78 is 11.1.